The van der Waals surface area contributed by atoms with Gasteiger partial charge in [0.1, 0.15) is 11.4 Å². The van der Waals surface area contributed by atoms with Gasteiger partial charge in [-0.15, -0.1) is 0 Å². The zero-order chi connectivity index (χ0) is 19.5. The molecule has 1 atom stereocenters. The zero-order valence-corrected chi connectivity index (χ0v) is 17.5. The summed E-state index contributed by atoms with van der Waals surface area (Å²) in [6.45, 7) is 16.0. The maximum absolute atomic E-state index is 12.6. The highest BCUT2D eigenvalue weighted by Crippen LogP contribution is 2.33. The molecule has 1 saturated heterocycles. The van der Waals surface area contributed by atoms with Crippen molar-refractivity contribution in [1.82, 2.24) is 9.88 Å². The second-order valence-corrected chi connectivity index (χ2v) is 8.92. The van der Waals surface area contributed by atoms with Gasteiger partial charge in [-0.2, -0.15) is 0 Å². The molecule has 1 aliphatic heterocycles. The minimum atomic E-state index is -0.520. The average molecular weight is 362 g/mol. The molecule has 0 N–H and O–H groups in total. The van der Waals surface area contributed by atoms with Gasteiger partial charge in [0.05, 0.1) is 0 Å². The number of nitrogens with zero attached hydrogens (tertiary/aromatic N) is 3. The predicted octanol–water partition coefficient (Wildman–Crippen LogP) is 5.02. The summed E-state index contributed by atoms with van der Waals surface area (Å²) >= 11 is 0. The Balaban J connectivity index is 2.20. The Morgan fingerprint density at radius 2 is 2.00 bits per heavy atom. The smallest absolute Gasteiger partial charge is 0.416 e. The van der Waals surface area contributed by atoms with E-state index in [4.69, 9.17) is 4.74 Å². The van der Waals surface area contributed by atoms with E-state index in [1.54, 1.807) is 4.90 Å². The third kappa shape index (κ3) is 5.44. The first-order valence-electron chi connectivity index (χ1n) is 9.80. The van der Waals surface area contributed by atoms with Crippen LogP contribution in [0.3, 0.4) is 0 Å². The molecule has 5 nitrogen and oxygen atoms in total. The summed E-state index contributed by atoms with van der Waals surface area (Å²) in [5.74, 6) is 0.987. The standard InChI is InChI=1S/C21H35N3O2/c1-15(2)14-24(20(25)26-21(5,6)7)19-11-10-17(13-22-19)18-9-8-12-23(18)16(3)4/h10-11,13,15-16,18H,8-9,12,14H2,1-7H3. The first kappa shape index (κ1) is 20.7. The highest BCUT2D eigenvalue weighted by atomic mass is 16.6. The molecular formula is C21H35N3O2. The second-order valence-electron chi connectivity index (χ2n) is 8.92. The minimum Gasteiger partial charge on any atom is -0.443 e. The predicted molar refractivity (Wildman–Crippen MR) is 106 cm³/mol. The second kappa shape index (κ2) is 8.38. The molecule has 0 radical (unpaired) electrons. The molecule has 1 aromatic heterocycles. The Hall–Kier alpha value is -1.62. The van der Waals surface area contributed by atoms with Crippen LogP contribution in [0.4, 0.5) is 10.6 Å². The monoisotopic (exact) mass is 361 g/mol. The van der Waals surface area contributed by atoms with E-state index >= 15 is 0 Å². The molecule has 1 unspecified atom stereocenters. The SMILES string of the molecule is CC(C)CN(C(=O)OC(C)(C)C)c1ccc(C2CCCN2C(C)C)cn1. The van der Waals surface area contributed by atoms with E-state index in [9.17, 15) is 4.79 Å². The van der Waals surface area contributed by atoms with Crippen molar-refractivity contribution in [2.24, 2.45) is 5.92 Å². The molecule has 1 aliphatic rings. The van der Waals surface area contributed by atoms with Crippen LogP contribution in [0, 0.1) is 5.92 Å². The Morgan fingerprint density at radius 1 is 1.31 bits per heavy atom. The van der Waals surface area contributed by atoms with Gasteiger partial charge >= 0.3 is 6.09 Å². The fraction of sp³-hybridized carbons (Fsp3) is 0.714. The van der Waals surface area contributed by atoms with E-state index in [0.29, 0.717) is 30.4 Å². The highest BCUT2D eigenvalue weighted by molar-refractivity contribution is 5.86. The molecule has 1 amide bonds. The summed E-state index contributed by atoms with van der Waals surface area (Å²) < 4.78 is 5.57. The molecule has 5 heteroatoms. The van der Waals surface area contributed by atoms with Crippen molar-refractivity contribution in [3.63, 3.8) is 0 Å². The van der Waals surface area contributed by atoms with Gasteiger partial charge in [-0.25, -0.2) is 9.78 Å². The average Bonchev–Trinajstić information content (AvgIpc) is 3.00. The van der Waals surface area contributed by atoms with Crippen molar-refractivity contribution >= 4 is 11.9 Å². The molecule has 0 aliphatic carbocycles. The van der Waals surface area contributed by atoms with Crippen LogP contribution >= 0.6 is 0 Å². The number of hydrogen-bond acceptors (Lipinski definition) is 4. The zero-order valence-electron chi connectivity index (χ0n) is 17.5. The number of amides is 1. The number of carbonyl (C=O) groups excluding carboxylic acids is 1. The first-order valence-corrected chi connectivity index (χ1v) is 9.80. The molecule has 0 spiro atoms. The number of hydrogen-bond donors (Lipinski definition) is 0. The largest absolute Gasteiger partial charge is 0.443 e. The van der Waals surface area contributed by atoms with Crippen molar-refractivity contribution in [2.45, 2.75) is 79.0 Å². The molecule has 1 fully saturated rings. The number of anilines is 1. The number of likely N-dealkylation sites (tertiary alicyclic amines) is 1. The number of pyridine rings is 1. The highest BCUT2D eigenvalue weighted by Gasteiger charge is 2.29. The Labute approximate surface area is 158 Å². The Bertz CT molecular complexity index is 590. The molecule has 2 rings (SSSR count). The van der Waals surface area contributed by atoms with Gasteiger partial charge in [0.2, 0.25) is 0 Å². The lowest BCUT2D eigenvalue weighted by molar-refractivity contribution is 0.0575. The van der Waals surface area contributed by atoms with Crippen molar-refractivity contribution in [2.75, 3.05) is 18.0 Å². The molecule has 1 aromatic rings. The normalized spacial score (nSPS) is 18.6. The molecule has 0 bridgehead atoms. The molecule has 26 heavy (non-hydrogen) atoms. The van der Waals surface area contributed by atoms with Crippen LogP contribution in [0.2, 0.25) is 0 Å². The maximum atomic E-state index is 12.6. The molecule has 146 valence electrons. The summed E-state index contributed by atoms with van der Waals surface area (Å²) in [6.07, 6.45) is 3.98. The van der Waals surface area contributed by atoms with Crippen molar-refractivity contribution in [1.29, 1.82) is 0 Å². The third-order valence-corrected chi connectivity index (χ3v) is 4.55. The van der Waals surface area contributed by atoms with Gasteiger partial charge in [0.25, 0.3) is 0 Å². The molecule has 2 heterocycles. The quantitative estimate of drug-likeness (QED) is 0.738. The fourth-order valence-corrected chi connectivity index (χ4v) is 3.46. The minimum absolute atomic E-state index is 0.329. The Morgan fingerprint density at radius 3 is 2.50 bits per heavy atom. The molecule has 0 saturated carbocycles. The van der Waals surface area contributed by atoms with Gasteiger partial charge < -0.3 is 4.74 Å². The number of ether oxygens (including phenoxy) is 1. The maximum Gasteiger partial charge on any atom is 0.416 e. The lowest BCUT2D eigenvalue weighted by atomic mass is 10.1. The Kier molecular flexibility index (Phi) is 6.67. The fourth-order valence-electron chi connectivity index (χ4n) is 3.46. The summed E-state index contributed by atoms with van der Waals surface area (Å²) in [5, 5.41) is 0. The van der Waals surface area contributed by atoms with E-state index in [0.717, 1.165) is 6.54 Å². The molecule has 0 aromatic carbocycles. The van der Waals surface area contributed by atoms with Crippen LogP contribution < -0.4 is 4.90 Å². The van der Waals surface area contributed by atoms with Crippen LogP contribution in [-0.4, -0.2) is 40.7 Å². The number of aromatic nitrogens is 1. The molecular weight excluding hydrogens is 326 g/mol. The van der Waals surface area contributed by atoms with E-state index < -0.39 is 5.60 Å². The lowest BCUT2D eigenvalue weighted by Crippen LogP contribution is -2.39. The third-order valence-electron chi connectivity index (χ3n) is 4.55. The van der Waals surface area contributed by atoms with Crippen LogP contribution in [-0.2, 0) is 4.74 Å². The summed E-state index contributed by atoms with van der Waals surface area (Å²) in [4.78, 5) is 21.4. The van der Waals surface area contributed by atoms with Gasteiger partial charge in [-0.3, -0.25) is 9.80 Å². The van der Waals surface area contributed by atoms with Crippen LogP contribution in [0.5, 0.6) is 0 Å². The summed E-state index contributed by atoms with van der Waals surface area (Å²) in [7, 11) is 0. The summed E-state index contributed by atoms with van der Waals surface area (Å²) in [6, 6.07) is 5.03. The topological polar surface area (TPSA) is 45.7 Å². The number of carbonyl (C=O) groups is 1. The van der Waals surface area contributed by atoms with Crippen molar-refractivity contribution in [3.8, 4) is 0 Å². The van der Waals surface area contributed by atoms with Gasteiger partial charge in [-0.05, 0) is 71.6 Å². The van der Waals surface area contributed by atoms with E-state index in [1.807, 2.05) is 33.0 Å². The van der Waals surface area contributed by atoms with E-state index in [-0.39, 0.29) is 6.09 Å². The van der Waals surface area contributed by atoms with Crippen molar-refractivity contribution in [3.05, 3.63) is 23.9 Å². The van der Waals surface area contributed by atoms with Gasteiger partial charge in [0, 0.05) is 24.8 Å². The number of rotatable bonds is 5. The van der Waals surface area contributed by atoms with Crippen LogP contribution in [0.15, 0.2) is 18.3 Å². The van der Waals surface area contributed by atoms with Gasteiger partial charge in [-0.1, -0.05) is 19.9 Å². The van der Waals surface area contributed by atoms with E-state index in [1.165, 1.54) is 18.4 Å². The first-order chi connectivity index (χ1) is 12.1. The van der Waals surface area contributed by atoms with Crippen LogP contribution in [0.25, 0.3) is 0 Å². The van der Waals surface area contributed by atoms with Crippen molar-refractivity contribution < 1.29 is 9.53 Å². The van der Waals surface area contributed by atoms with Crippen LogP contribution in [0.1, 0.15) is 72.9 Å². The lowest BCUT2D eigenvalue weighted by Gasteiger charge is -2.30. The van der Waals surface area contributed by atoms with E-state index in [2.05, 4.69) is 43.6 Å². The van der Waals surface area contributed by atoms with Gasteiger partial charge in [0.15, 0.2) is 0 Å². The summed E-state index contributed by atoms with van der Waals surface area (Å²) in [5.41, 5.74) is 0.710.